The molecule has 1 saturated heterocycles. The molecule has 1 aromatic heterocycles. The Morgan fingerprint density at radius 2 is 2.00 bits per heavy atom. The van der Waals surface area contributed by atoms with Gasteiger partial charge in [-0.25, -0.2) is 0 Å². The summed E-state index contributed by atoms with van der Waals surface area (Å²) < 4.78 is 45.2. The number of thioether (sulfide) groups is 1. The lowest BCUT2D eigenvalue weighted by molar-refractivity contribution is -0.389. The highest BCUT2D eigenvalue weighted by Crippen LogP contribution is 2.36. The summed E-state index contributed by atoms with van der Waals surface area (Å²) in [6.45, 7) is 2.05. The van der Waals surface area contributed by atoms with E-state index in [9.17, 15) is 32.9 Å². The van der Waals surface area contributed by atoms with Crippen LogP contribution in [0.1, 0.15) is 24.5 Å². The fourth-order valence-corrected chi connectivity index (χ4v) is 4.24. The highest BCUT2D eigenvalue weighted by atomic mass is 32.2. The number of amides is 2. The molecular formula is C19H15F3N4O5S. The maximum Gasteiger partial charge on any atom is 0.416 e. The number of imide groups is 1. The topological polar surface area (TPSA) is 108 Å². The second-order valence-electron chi connectivity index (χ2n) is 7.52. The molecule has 32 heavy (non-hydrogen) atoms. The van der Waals surface area contributed by atoms with Gasteiger partial charge in [0.2, 0.25) is 0 Å². The zero-order valence-corrected chi connectivity index (χ0v) is 17.3. The van der Waals surface area contributed by atoms with Crippen molar-refractivity contribution in [3.8, 4) is 6.01 Å². The third kappa shape index (κ3) is 4.20. The SMILES string of the molecule is CC1(CCN2C(=O)S/C(=C\c3ccc(C(F)(F)F)cc3)C2=O)Cn2cc([N+](=O)[O-])nc2O1. The molecule has 2 aliphatic heterocycles. The van der Waals surface area contributed by atoms with Gasteiger partial charge in [-0.3, -0.25) is 19.1 Å². The Bertz CT molecular complexity index is 1120. The fourth-order valence-electron chi connectivity index (χ4n) is 3.37. The summed E-state index contributed by atoms with van der Waals surface area (Å²) in [5.41, 5.74) is -1.26. The predicted molar refractivity (Wildman–Crippen MR) is 107 cm³/mol. The molecule has 168 valence electrons. The number of nitrogens with zero attached hydrogens (tertiary/aromatic N) is 4. The molecule has 0 spiro atoms. The number of ether oxygens (including phenoxy) is 1. The van der Waals surface area contributed by atoms with Crippen molar-refractivity contribution in [1.29, 1.82) is 0 Å². The first-order valence-corrected chi connectivity index (χ1v) is 10.1. The van der Waals surface area contributed by atoms with Crippen LogP contribution in [0.3, 0.4) is 0 Å². The van der Waals surface area contributed by atoms with Crippen LogP contribution in [0.15, 0.2) is 35.4 Å². The number of imidazole rings is 1. The molecule has 3 heterocycles. The van der Waals surface area contributed by atoms with Gasteiger partial charge in [0, 0.05) is 17.9 Å². The molecule has 0 bridgehead atoms. The third-order valence-corrected chi connectivity index (χ3v) is 5.94. The number of carbonyl (C=O) groups is 2. The molecule has 2 aliphatic rings. The van der Waals surface area contributed by atoms with E-state index in [1.165, 1.54) is 29.0 Å². The largest absolute Gasteiger partial charge is 0.438 e. The predicted octanol–water partition coefficient (Wildman–Crippen LogP) is 4.09. The Labute approximate surface area is 183 Å². The van der Waals surface area contributed by atoms with Crippen molar-refractivity contribution in [2.24, 2.45) is 0 Å². The van der Waals surface area contributed by atoms with Crippen molar-refractivity contribution in [1.82, 2.24) is 14.5 Å². The fraction of sp³-hybridized carbons (Fsp3) is 0.316. The number of hydrogen-bond acceptors (Lipinski definition) is 7. The second kappa shape index (κ2) is 7.65. The molecule has 0 saturated carbocycles. The normalized spacial score (nSPS) is 21.9. The van der Waals surface area contributed by atoms with Crippen molar-refractivity contribution < 1.29 is 32.4 Å². The van der Waals surface area contributed by atoms with E-state index in [0.717, 1.165) is 17.0 Å². The van der Waals surface area contributed by atoms with E-state index in [0.29, 0.717) is 17.3 Å². The first-order valence-electron chi connectivity index (χ1n) is 9.28. The Morgan fingerprint density at radius 1 is 1.31 bits per heavy atom. The van der Waals surface area contributed by atoms with Crippen LogP contribution in [0, 0.1) is 10.1 Å². The highest BCUT2D eigenvalue weighted by molar-refractivity contribution is 8.18. The number of rotatable bonds is 5. The van der Waals surface area contributed by atoms with Gasteiger partial charge in [-0.15, -0.1) is 0 Å². The molecule has 2 aromatic rings. The molecule has 0 radical (unpaired) electrons. The van der Waals surface area contributed by atoms with Crippen molar-refractivity contribution in [2.45, 2.75) is 31.7 Å². The summed E-state index contributed by atoms with van der Waals surface area (Å²) in [4.78, 5) is 40.1. The van der Waals surface area contributed by atoms with Gasteiger partial charge in [0.15, 0.2) is 0 Å². The molecule has 1 atom stereocenters. The van der Waals surface area contributed by atoms with Crippen molar-refractivity contribution >= 4 is 34.8 Å². The first kappa shape index (κ1) is 21.9. The van der Waals surface area contributed by atoms with E-state index in [1.54, 1.807) is 6.92 Å². The van der Waals surface area contributed by atoms with E-state index < -0.39 is 33.4 Å². The van der Waals surface area contributed by atoms with Crippen LogP contribution >= 0.6 is 11.8 Å². The number of carbonyl (C=O) groups excluding carboxylic acids is 2. The summed E-state index contributed by atoms with van der Waals surface area (Å²) in [6.07, 6.45) is -1.58. The minimum Gasteiger partial charge on any atom is -0.438 e. The van der Waals surface area contributed by atoms with Crippen LogP contribution in [0.4, 0.5) is 23.8 Å². The lowest BCUT2D eigenvalue weighted by atomic mass is 10.0. The Kier molecular flexibility index (Phi) is 5.23. The van der Waals surface area contributed by atoms with Crippen LogP contribution < -0.4 is 4.74 Å². The van der Waals surface area contributed by atoms with Gasteiger partial charge >= 0.3 is 18.0 Å². The standard InChI is InChI=1S/C19H15F3N4O5S/c1-18(10-24-9-14(26(29)30)23-16(24)31-18)6-7-25-15(27)13(32-17(25)28)8-11-2-4-12(5-3-11)19(20,21)22/h2-5,8-9H,6-7,10H2,1H3/b13-8-. The number of halogens is 3. The smallest absolute Gasteiger partial charge is 0.416 e. The number of aromatic nitrogens is 2. The highest BCUT2D eigenvalue weighted by Gasteiger charge is 2.42. The van der Waals surface area contributed by atoms with Gasteiger partial charge in [0.1, 0.15) is 11.8 Å². The molecule has 4 rings (SSSR count). The average molecular weight is 468 g/mol. The summed E-state index contributed by atoms with van der Waals surface area (Å²) >= 11 is 0.705. The van der Waals surface area contributed by atoms with Gasteiger partial charge in [-0.1, -0.05) is 12.1 Å². The first-order chi connectivity index (χ1) is 14.9. The van der Waals surface area contributed by atoms with Gasteiger partial charge in [0.05, 0.1) is 17.0 Å². The number of benzene rings is 1. The number of hydrogen-bond donors (Lipinski definition) is 0. The summed E-state index contributed by atoms with van der Waals surface area (Å²) in [6, 6.07) is 4.36. The van der Waals surface area contributed by atoms with Crippen molar-refractivity contribution in [3.63, 3.8) is 0 Å². The van der Waals surface area contributed by atoms with Crippen LogP contribution in [-0.4, -0.2) is 42.7 Å². The van der Waals surface area contributed by atoms with E-state index in [2.05, 4.69) is 4.98 Å². The molecule has 1 fully saturated rings. The quantitative estimate of drug-likeness (QED) is 0.370. The molecule has 1 unspecified atom stereocenters. The maximum absolute atomic E-state index is 12.7. The molecule has 9 nitrogen and oxygen atoms in total. The monoisotopic (exact) mass is 468 g/mol. The third-order valence-electron chi connectivity index (χ3n) is 5.03. The number of nitro groups is 1. The van der Waals surface area contributed by atoms with Crippen LogP contribution in [0.5, 0.6) is 6.01 Å². The number of alkyl halides is 3. The summed E-state index contributed by atoms with van der Waals surface area (Å²) in [5, 5.41) is 10.3. The lowest BCUT2D eigenvalue weighted by Crippen LogP contribution is -2.38. The second-order valence-corrected chi connectivity index (χ2v) is 8.51. The molecule has 0 N–H and O–H groups in total. The van der Waals surface area contributed by atoms with E-state index in [4.69, 9.17) is 4.74 Å². The molecule has 1 aromatic carbocycles. The van der Waals surface area contributed by atoms with Gasteiger partial charge in [0.25, 0.3) is 11.1 Å². The zero-order valence-electron chi connectivity index (χ0n) is 16.5. The Hall–Kier alpha value is -3.35. The Balaban J connectivity index is 1.40. The van der Waals surface area contributed by atoms with Gasteiger partial charge < -0.3 is 14.9 Å². The minimum atomic E-state index is -4.46. The average Bonchev–Trinajstić information content (AvgIpc) is 3.30. The van der Waals surface area contributed by atoms with E-state index in [1.807, 2.05) is 0 Å². The Morgan fingerprint density at radius 3 is 2.59 bits per heavy atom. The lowest BCUT2D eigenvalue weighted by Gasteiger charge is -2.24. The van der Waals surface area contributed by atoms with Crippen LogP contribution in [-0.2, 0) is 17.5 Å². The molecule has 13 heteroatoms. The summed E-state index contributed by atoms with van der Waals surface area (Å²) in [5.74, 6) is -0.878. The zero-order chi connectivity index (χ0) is 23.3. The summed E-state index contributed by atoms with van der Waals surface area (Å²) in [7, 11) is 0. The van der Waals surface area contributed by atoms with Crippen LogP contribution in [0.2, 0.25) is 0 Å². The number of fused-ring (bicyclic) bond motifs is 1. The minimum absolute atomic E-state index is 0.0401. The molecule has 2 amide bonds. The van der Waals surface area contributed by atoms with Gasteiger partial charge in [-0.05, 0) is 47.4 Å². The van der Waals surface area contributed by atoms with E-state index in [-0.39, 0.29) is 36.2 Å². The van der Waals surface area contributed by atoms with Crippen molar-refractivity contribution in [2.75, 3.05) is 6.54 Å². The van der Waals surface area contributed by atoms with Gasteiger partial charge in [-0.2, -0.15) is 13.2 Å². The van der Waals surface area contributed by atoms with Crippen molar-refractivity contribution in [3.05, 3.63) is 56.6 Å². The molecule has 0 aliphatic carbocycles. The van der Waals surface area contributed by atoms with E-state index >= 15 is 0 Å². The molecular weight excluding hydrogens is 453 g/mol. The van der Waals surface area contributed by atoms with Crippen LogP contribution in [0.25, 0.3) is 6.08 Å². The maximum atomic E-state index is 12.7.